The Balaban J connectivity index is 1.98. The number of amides is 1. The van der Waals surface area contributed by atoms with E-state index in [2.05, 4.69) is 0 Å². The molecule has 1 fully saturated rings. The van der Waals surface area contributed by atoms with Crippen molar-refractivity contribution in [3.8, 4) is 5.75 Å². The summed E-state index contributed by atoms with van der Waals surface area (Å²) in [6.07, 6.45) is 1.67. The van der Waals surface area contributed by atoms with Crippen molar-refractivity contribution in [2.24, 2.45) is 5.92 Å². The van der Waals surface area contributed by atoms with Crippen LogP contribution in [0.5, 0.6) is 5.75 Å². The highest BCUT2D eigenvalue weighted by atomic mass is 16.5. The maximum absolute atomic E-state index is 12.7. The predicted octanol–water partition coefficient (Wildman–Crippen LogP) is 2.65. The van der Waals surface area contributed by atoms with Crippen LogP contribution in [0, 0.1) is 5.92 Å². The van der Waals surface area contributed by atoms with Crippen molar-refractivity contribution in [3.05, 3.63) is 30.3 Å². The van der Waals surface area contributed by atoms with Crippen LogP contribution in [0.3, 0.4) is 0 Å². The van der Waals surface area contributed by atoms with Gasteiger partial charge in [0.1, 0.15) is 5.75 Å². The summed E-state index contributed by atoms with van der Waals surface area (Å²) in [4.78, 5) is 26.4. The van der Waals surface area contributed by atoms with Crippen LogP contribution < -0.4 is 4.74 Å². The summed E-state index contributed by atoms with van der Waals surface area (Å²) in [5.41, 5.74) is 0. The first-order valence-corrected chi connectivity index (χ1v) is 8.32. The molecule has 0 radical (unpaired) electrons. The molecule has 5 nitrogen and oxygen atoms in total. The summed E-state index contributed by atoms with van der Waals surface area (Å²) in [5, 5.41) is 0. The Hall–Kier alpha value is -2.04. The highest BCUT2D eigenvalue weighted by Gasteiger charge is 2.32. The minimum absolute atomic E-state index is 0.0506. The fraction of sp³-hybridized carbons (Fsp3) is 0.556. The van der Waals surface area contributed by atoms with Crippen LogP contribution in [0.1, 0.15) is 33.1 Å². The van der Waals surface area contributed by atoms with Crippen molar-refractivity contribution >= 4 is 11.9 Å². The number of piperidine rings is 1. The van der Waals surface area contributed by atoms with Gasteiger partial charge in [-0.15, -0.1) is 0 Å². The molecule has 1 amide bonds. The van der Waals surface area contributed by atoms with E-state index in [1.807, 2.05) is 37.3 Å². The zero-order valence-corrected chi connectivity index (χ0v) is 13.9. The lowest BCUT2D eigenvalue weighted by molar-refractivity contribution is -0.152. The first-order valence-electron chi connectivity index (χ1n) is 8.32. The number of esters is 1. The average Bonchev–Trinajstić information content (AvgIpc) is 2.60. The Morgan fingerprint density at radius 3 is 2.65 bits per heavy atom. The number of para-hydroxylation sites is 1. The van der Waals surface area contributed by atoms with Gasteiger partial charge in [0, 0.05) is 13.1 Å². The van der Waals surface area contributed by atoms with Crippen LogP contribution in [0.25, 0.3) is 0 Å². The second-order valence-electron chi connectivity index (χ2n) is 5.70. The van der Waals surface area contributed by atoms with Gasteiger partial charge in [-0.05, 0) is 38.3 Å². The van der Waals surface area contributed by atoms with Gasteiger partial charge in [-0.3, -0.25) is 9.59 Å². The van der Waals surface area contributed by atoms with Gasteiger partial charge in [0.05, 0.1) is 12.5 Å². The van der Waals surface area contributed by atoms with E-state index in [1.54, 1.807) is 11.8 Å². The molecule has 1 aliphatic rings. The Labute approximate surface area is 137 Å². The number of hydrogen-bond acceptors (Lipinski definition) is 4. The molecule has 0 saturated carbocycles. The summed E-state index contributed by atoms with van der Waals surface area (Å²) < 4.78 is 10.9. The lowest BCUT2D eigenvalue weighted by Gasteiger charge is -2.33. The molecular formula is C18H25NO4. The van der Waals surface area contributed by atoms with E-state index in [9.17, 15) is 9.59 Å². The van der Waals surface area contributed by atoms with E-state index < -0.39 is 6.10 Å². The third-order valence-electron chi connectivity index (χ3n) is 4.02. The monoisotopic (exact) mass is 319 g/mol. The van der Waals surface area contributed by atoms with Gasteiger partial charge in [0.15, 0.2) is 6.10 Å². The lowest BCUT2D eigenvalue weighted by atomic mass is 9.97. The smallest absolute Gasteiger partial charge is 0.310 e. The molecule has 0 unspecified atom stereocenters. The third kappa shape index (κ3) is 4.71. The van der Waals surface area contributed by atoms with Crippen LogP contribution in [0.4, 0.5) is 0 Å². The minimum atomic E-state index is -0.515. The molecule has 2 atom stereocenters. The molecule has 126 valence electrons. The molecule has 1 aliphatic heterocycles. The van der Waals surface area contributed by atoms with Gasteiger partial charge in [-0.25, -0.2) is 0 Å². The van der Waals surface area contributed by atoms with Gasteiger partial charge >= 0.3 is 5.97 Å². The van der Waals surface area contributed by atoms with Gasteiger partial charge in [-0.1, -0.05) is 25.1 Å². The summed E-state index contributed by atoms with van der Waals surface area (Å²) in [7, 11) is 0. The highest BCUT2D eigenvalue weighted by Crippen LogP contribution is 2.21. The standard InChI is InChI=1S/C18H25NO4/c1-3-16(23-15-10-6-5-7-11-15)17(20)19-12-8-9-14(13-19)18(21)22-4-2/h5-7,10-11,14,16H,3-4,8-9,12-13H2,1-2H3/t14-,16-/m0/s1. The van der Waals surface area contributed by atoms with Gasteiger partial charge in [-0.2, -0.15) is 0 Å². The number of hydrogen-bond donors (Lipinski definition) is 0. The fourth-order valence-corrected chi connectivity index (χ4v) is 2.81. The van der Waals surface area contributed by atoms with E-state index in [1.165, 1.54) is 0 Å². The minimum Gasteiger partial charge on any atom is -0.481 e. The number of nitrogens with zero attached hydrogens (tertiary/aromatic N) is 1. The van der Waals surface area contributed by atoms with Crippen molar-refractivity contribution in [3.63, 3.8) is 0 Å². The maximum Gasteiger partial charge on any atom is 0.310 e. The van der Waals surface area contributed by atoms with Gasteiger partial charge in [0.25, 0.3) is 5.91 Å². The van der Waals surface area contributed by atoms with E-state index >= 15 is 0 Å². The molecular weight excluding hydrogens is 294 g/mol. The molecule has 1 aromatic carbocycles. The molecule has 0 spiro atoms. The first kappa shape index (κ1) is 17.3. The maximum atomic E-state index is 12.7. The number of likely N-dealkylation sites (tertiary alicyclic amines) is 1. The summed E-state index contributed by atoms with van der Waals surface area (Å²) in [5.74, 6) is 0.209. The summed E-state index contributed by atoms with van der Waals surface area (Å²) in [6.45, 7) is 5.19. The number of carbonyl (C=O) groups is 2. The molecule has 2 rings (SSSR count). The number of benzene rings is 1. The van der Waals surface area contributed by atoms with E-state index in [0.717, 1.165) is 12.8 Å². The van der Waals surface area contributed by atoms with Crippen molar-refractivity contribution < 1.29 is 19.1 Å². The van der Waals surface area contributed by atoms with Crippen LogP contribution in [0.15, 0.2) is 30.3 Å². The second-order valence-corrected chi connectivity index (χ2v) is 5.70. The number of carbonyl (C=O) groups excluding carboxylic acids is 2. The first-order chi connectivity index (χ1) is 11.2. The van der Waals surface area contributed by atoms with Crippen molar-refractivity contribution in [2.45, 2.75) is 39.2 Å². The molecule has 1 saturated heterocycles. The summed E-state index contributed by atoms with van der Waals surface area (Å²) in [6, 6.07) is 9.35. The van der Waals surface area contributed by atoms with E-state index in [0.29, 0.717) is 31.9 Å². The Morgan fingerprint density at radius 1 is 1.26 bits per heavy atom. The number of ether oxygens (including phenoxy) is 2. The fourth-order valence-electron chi connectivity index (χ4n) is 2.81. The Morgan fingerprint density at radius 2 is 2.00 bits per heavy atom. The molecule has 1 aromatic rings. The quantitative estimate of drug-likeness (QED) is 0.756. The molecule has 5 heteroatoms. The zero-order chi connectivity index (χ0) is 16.7. The topological polar surface area (TPSA) is 55.8 Å². The predicted molar refractivity (Wildman–Crippen MR) is 87.1 cm³/mol. The van der Waals surface area contributed by atoms with Crippen LogP contribution in [-0.4, -0.2) is 42.6 Å². The highest BCUT2D eigenvalue weighted by molar-refractivity contribution is 5.82. The van der Waals surface area contributed by atoms with Crippen molar-refractivity contribution in [2.75, 3.05) is 19.7 Å². The van der Waals surface area contributed by atoms with Crippen LogP contribution in [0.2, 0.25) is 0 Å². The molecule has 0 bridgehead atoms. The SMILES string of the molecule is CCOC(=O)[C@H]1CCCN(C(=O)[C@H](CC)Oc2ccccc2)C1. The molecule has 23 heavy (non-hydrogen) atoms. The third-order valence-corrected chi connectivity index (χ3v) is 4.02. The van der Waals surface area contributed by atoms with E-state index in [4.69, 9.17) is 9.47 Å². The van der Waals surface area contributed by atoms with Crippen LogP contribution >= 0.6 is 0 Å². The molecule has 0 aliphatic carbocycles. The van der Waals surface area contributed by atoms with Crippen molar-refractivity contribution in [1.82, 2.24) is 4.90 Å². The number of rotatable bonds is 6. The largest absolute Gasteiger partial charge is 0.481 e. The summed E-state index contributed by atoms with van der Waals surface area (Å²) >= 11 is 0. The Kier molecular flexibility index (Phi) is 6.44. The molecule has 0 aromatic heterocycles. The van der Waals surface area contributed by atoms with Crippen molar-refractivity contribution in [1.29, 1.82) is 0 Å². The van der Waals surface area contributed by atoms with Gasteiger partial charge in [0.2, 0.25) is 0 Å². The Bertz CT molecular complexity index is 517. The second kappa shape index (κ2) is 8.56. The van der Waals surface area contributed by atoms with Gasteiger partial charge < -0.3 is 14.4 Å². The average molecular weight is 319 g/mol. The molecule has 1 heterocycles. The zero-order valence-electron chi connectivity index (χ0n) is 13.9. The lowest BCUT2D eigenvalue weighted by Crippen LogP contribution is -2.48. The normalized spacial score (nSPS) is 19.0. The van der Waals surface area contributed by atoms with Crippen LogP contribution in [-0.2, 0) is 14.3 Å². The van der Waals surface area contributed by atoms with E-state index in [-0.39, 0.29) is 17.8 Å². The molecule has 0 N–H and O–H groups in total.